The lowest BCUT2D eigenvalue weighted by Gasteiger charge is -2.42. The molecule has 50 heavy (non-hydrogen) atoms. The average molecular weight is 723 g/mol. The van der Waals surface area contributed by atoms with Crippen LogP contribution >= 0.6 is 27.3 Å². The molecule has 238 valence electrons. The van der Waals surface area contributed by atoms with E-state index < -0.39 is 0 Å². The van der Waals surface area contributed by atoms with Crippen LogP contribution in [0.3, 0.4) is 0 Å². The van der Waals surface area contributed by atoms with E-state index in [9.17, 15) is 0 Å². The molecule has 0 N–H and O–H groups in total. The first-order valence-electron chi connectivity index (χ1n) is 17.1. The molecule has 1 nitrogen and oxygen atoms in total. The normalized spacial score (nSPS) is 13.6. The second-order valence-electron chi connectivity index (χ2n) is 13.8. The van der Waals surface area contributed by atoms with Crippen LogP contribution in [0.15, 0.2) is 162 Å². The molecule has 0 saturated heterocycles. The SMILES string of the molecule is CC1(C)c2ccccc2N(c2ccc3c(-c4ccccc4)c4cc(Br)ccc4c(-c4ccccc4)c3c2)c2cc3sc4ccccc4c3cc21. The summed E-state index contributed by atoms with van der Waals surface area (Å²) in [5, 5.41) is 7.65. The summed E-state index contributed by atoms with van der Waals surface area (Å²) in [6, 6.07) is 58.4. The molecule has 1 aliphatic heterocycles. The first kappa shape index (κ1) is 29.7. The van der Waals surface area contributed by atoms with Crippen LogP contribution in [0, 0.1) is 0 Å². The number of rotatable bonds is 3. The molecule has 0 fully saturated rings. The van der Waals surface area contributed by atoms with Crippen LogP contribution in [0.5, 0.6) is 0 Å². The lowest BCUT2D eigenvalue weighted by atomic mass is 9.73. The summed E-state index contributed by atoms with van der Waals surface area (Å²) in [7, 11) is 0. The molecule has 0 amide bonds. The third-order valence-corrected chi connectivity index (χ3v) is 12.3. The van der Waals surface area contributed by atoms with Crippen molar-refractivity contribution in [1.29, 1.82) is 0 Å². The maximum atomic E-state index is 3.81. The van der Waals surface area contributed by atoms with Crippen LogP contribution in [-0.4, -0.2) is 0 Å². The summed E-state index contributed by atoms with van der Waals surface area (Å²) >= 11 is 5.70. The minimum absolute atomic E-state index is 0.171. The van der Waals surface area contributed by atoms with Crippen LogP contribution in [0.1, 0.15) is 25.0 Å². The number of halogens is 1. The fraction of sp³-hybridized carbons (Fsp3) is 0.0638. The van der Waals surface area contributed by atoms with Gasteiger partial charge in [-0.1, -0.05) is 139 Å². The Kier molecular flexibility index (Phi) is 6.62. The summed E-state index contributed by atoms with van der Waals surface area (Å²) in [5.74, 6) is 0. The predicted octanol–water partition coefficient (Wildman–Crippen LogP) is 14.6. The number of nitrogens with zero attached hydrogens (tertiary/aromatic N) is 1. The van der Waals surface area contributed by atoms with Gasteiger partial charge in [-0.25, -0.2) is 0 Å². The molecule has 0 bridgehead atoms. The fourth-order valence-corrected chi connectivity index (χ4v) is 9.84. The number of para-hydroxylation sites is 1. The van der Waals surface area contributed by atoms with Gasteiger partial charge in [-0.05, 0) is 103 Å². The molecule has 1 aromatic heterocycles. The Bertz CT molecular complexity index is 2800. The van der Waals surface area contributed by atoms with E-state index in [0.29, 0.717) is 0 Å². The van der Waals surface area contributed by atoms with Gasteiger partial charge in [0.25, 0.3) is 0 Å². The number of benzene rings is 8. The topological polar surface area (TPSA) is 3.24 Å². The third kappa shape index (κ3) is 4.37. The Morgan fingerprint density at radius 1 is 0.460 bits per heavy atom. The van der Waals surface area contributed by atoms with E-state index in [0.717, 1.165) is 10.2 Å². The van der Waals surface area contributed by atoms with Crippen molar-refractivity contribution in [2.24, 2.45) is 0 Å². The molecular formula is C47H32BrNS. The van der Waals surface area contributed by atoms with Crippen molar-refractivity contribution in [3.05, 3.63) is 173 Å². The molecule has 3 heteroatoms. The van der Waals surface area contributed by atoms with Gasteiger partial charge in [-0.2, -0.15) is 0 Å². The molecule has 0 saturated carbocycles. The molecule has 8 aromatic carbocycles. The first-order valence-corrected chi connectivity index (χ1v) is 18.7. The minimum Gasteiger partial charge on any atom is -0.310 e. The number of fused-ring (bicyclic) bond motifs is 7. The van der Waals surface area contributed by atoms with Gasteiger partial charge in [0, 0.05) is 35.7 Å². The van der Waals surface area contributed by atoms with Crippen LogP contribution in [0.2, 0.25) is 0 Å². The van der Waals surface area contributed by atoms with Gasteiger partial charge < -0.3 is 4.90 Å². The van der Waals surface area contributed by atoms with Crippen molar-refractivity contribution in [3.63, 3.8) is 0 Å². The molecule has 0 atom stereocenters. The zero-order chi connectivity index (χ0) is 33.6. The Labute approximate surface area is 304 Å². The van der Waals surface area contributed by atoms with Crippen molar-refractivity contribution in [2.45, 2.75) is 19.3 Å². The molecule has 9 aromatic rings. The van der Waals surface area contributed by atoms with Crippen LogP contribution in [0.25, 0.3) is 64.0 Å². The van der Waals surface area contributed by atoms with E-state index >= 15 is 0 Å². The van der Waals surface area contributed by atoms with E-state index in [2.05, 4.69) is 192 Å². The Balaban J connectivity index is 1.32. The van der Waals surface area contributed by atoms with Crippen molar-refractivity contribution < 1.29 is 0 Å². The lowest BCUT2D eigenvalue weighted by Crippen LogP contribution is -2.30. The third-order valence-electron chi connectivity index (χ3n) is 10.7. The molecule has 0 radical (unpaired) electrons. The zero-order valence-corrected chi connectivity index (χ0v) is 30.1. The second-order valence-corrected chi connectivity index (χ2v) is 15.8. The van der Waals surface area contributed by atoms with Crippen molar-refractivity contribution in [1.82, 2.24) is 0 Å². The lowest BCUT2D eigenvalue weighted by molar-refractivity contribution is 0.633. The highest BCUT2D eigenvalue weighted by Gasteiger charge is 2.37. The van der Waals surface area contributed by atoms with Crippen LogP contribution < -0.4 is 4.90 Å². The van der Waals surface area contributed by atoms with Crippen LogP contribution in [0.4, 0.5) is 17.1 Å². The van der Waals surface area contributed by atoms with E-state index in [1.54, 1.807) is 0 Å². The van der Waals surface area contributed by atoms with Crippen LogP contribution in [-0.2, 0) is 5.41 Å². The van der Waals surface area contributed by atoms with E-state index in [1.807, 2.05) is 11.3 Å². The van der Waals surface area contributed by atoms with Crippen molar-refractivity contribution in [3.8, 4) is 22.3 Å². The molecule has 0 unspecified atom stereocenters. The number of hydrogen-bond donors (Lipinski definition) is 0. The quantitative estimate of drug-likeness (QED) is 0.164. The monoisotopic (exact) mass is 721 g/mol. The second kappa shape index (κ2) is 11.1. The van der Waals surface area contributed by atoms with Gasteiger partial charge in [-0.3, -0.25) is 0 Å². The minimum atomic E-state index is -0.171. The Hall–Kier alpha value is -5.22. The molecule has 2 heterocycles. The Morgan fingerprint density at radius 2 is 1.08 bits per heavy atom. The van der Waals surface area contributed by atoms with Gasteiger partial charge in [0.15, 0.2) is 0 Å². The fourth-order valence-electron chi connectivity index (χ4n) is 8.36. The summed E-state index contributed by atoms with van der Waals surface area (Å²) in [5.41, 5.74) is 11.1. The molecular weight excluding hydrogens is 690 g/mol. The highest BCUT2D eigenvalue weighted by molar-refractivity contribution is 9.10. The highest BCUT2D eigenvalue weighted by Crippen LogP contribution is 2.55. The van der Waals surface area contributed by atoms with Gasteiger partial charge in [0.2, 0.25) is 0 Å². The number of hydrogen-bond acceptors (Lipinski definition) is 2. The van der Waals surface area contributed by atoms with E-state index in [1.165, 1.54) is 86.5 Å². The summed E-state index contributed by atoms with van der Waals surface area (Å²) in [4.78, 5) is 2.52. The first-order chi connectivity index (χ1) is 24.5. The average Bonchev–Trinajstić information content (AvgIpc) is 3.52. The largest absolute Gasteiger partial charge is 0.310 e. The summed E-state index contributed by atoms with van der Waals surface area (Å²) in [6.07, 6.45) is 0. The smallest absolute Gasteiger partial charge is 0.0517 e. The summed E-state index contributed by atoms with van der Waals surface area (Å²) < 4.78 is 3.73. The molecule has 0 spiro atoms. The van der Waals surface area contributed by atoms with Crippen molar-refractivity contribution >= 4 is 86.0 Å². The zero-order valence-electron chi connectivity index (χ0n) is 27.7. The predicted molar refractivity (Wildman–Crippen MR) is 220 cm³/mol. The van der Waals surface area contributed by atoms with Gasteiger partial charge in [0.1, 0.15) is 0 Å². The van der Waals surface area contributed by atoms with E-state index in [4.69, 9.17) is 0 Å². The molecule has 10 rings (SSSR count). The van der Waals surface area contributed by atoms with E-state index in [-0.39, 0.29) is 5.41 Å². The number of anilines is 3. The Morgan fingerprint density at radius 3 is 1.82 bits per heavy atom. The van der Waals surface area contributed by atoms with Gasteiger partial charge in [-0.15, -0.1) is 11.3 Å². The maximum Gasteiger partial charge on any atom is 0.0517 e. The standard InChI is InChI=1S/C47H32BrNS/c1-47(2)39-18-10-11-19-41(39)49(42-28-44-36(27-40(42)47)33-17-9-12-20-43(33)50-44)32-22-24-35-38(26-32)46(30-15-7-4-8-16-30)34-23-21-31(48)25-37(34)45(35)29-13-5-3-6-14-29/h3-28H,1-2H3. The maximum absolute atomic E-state index is 3.81. The van der Waals surface area contributed by atoms with Gasteiger partial charge >= 0.3 is 0 Å². The molecule has 1 aliphatic rings. The summed E-state index contributed by atoms with van der Waals surface area (Å²) in [6.45, 7) is 4.76. The van der Waals surface area contributed by atoms with Crippen molar-refractivity contribution in [2.75, 3.05) is 4.90 Å². The molecule has 0 aliphatic carbocycles. The highest BCUT2D eigenvalue weighted by atomic mass is 79.9. The number of thiophene rings is 1. The van der Waals surface area contributed by atoms with Gasteiger partial charge in [0.05, 0.1) is 11.4 Å².